The van der Waals surface area contributed by atoms with E-state index in [-0.39, 0.29) is 23.3 Å². The molecule has 1 aliphatic rings. The lowest BCUT2D eigenvalue weighted by Crippen LogP contribution is -2.16. The molecule has 0 radical (unpaired) electrons. The van der Waals surface area contributed by atoms with Gasteiger partial charge in [-0.25, -0.2) is 0 Å². The van der Waals surface area contributed by atoms with Crippen LogP contribution in [0.4, 0.5) is 0 Å². The Morgan fingerprint density at radius 1 is 0.586 bits per heavy atom. The Morgan fingerprint density at radius 2 is 1.00 bits per heavy atom. The number of phenolic OH excluding ortho intramolecular Hbond substituents is 2. The van der Waals surface area contributed by atoms with Gasteiger partial charge in [0.15, 0.2) is 0 Å². The van der Waals surface area contributed by atoms with Crippen molar-refractivity contribution < 1.29 is 10.2 Å². The summed E-state index contributed by atoms with van der Waals surface area (Å²) in [5.74, 6) is 0.453. The van der Waals surface area contributed by atoms with E-state index >= 15 is 0 Å². The molecule has 144 valence electrons. The predicted octanol–water partition coefficient (Wildman–Crippen LogP) is 7.23. The van der Waals surface area contributed by atoms with Gasteiger partial charge in [0.25, 0.3) is 0 Å². The molecule has 2 atom stereocenters. The average Bonchev–Trinajstić information content (AvgIpc) is 2.73. The first-order valence-corrected chi connectivity index (χ1v) is 10.3. The molecule has 0 bridgehead atoms. The molecule has 0 fully saturated rings. The van der Waals surface area contributed by atoms with E-state index in [9.17, 15) is 10.2 Å². The van der Waals surface area contributed by atoms with Gasteiger partial charge in [-0.05, 0) is 64.7 Å². The number of phenols is 2. The van der Waals surface area contributed by atoms with Crippen LogP contribution in [0.15, 0.2) is 72.8 Å². The molecule has 2 nitrogen and oxygen atoms in total. The molecule has 29 heavy (non-hydrogen) atoms. The van der Waals surface area contributed by atoms with E-state index in [0.29, 0.717) is 10.0 Å². The lowest BCUT2D eigenvalue weighted by atomic mass is 9.70. The van der Waals surface area contributed by atoms with Crippen LogP contribution in [0.1, 0.15) is 40.5 Å². The molecular weight excluding hydrogens is 403 g/mol. The molecule has 0 heterocycles. The smallest absolute Gasteiger partial charge is 0.120 e. The fraction of sp³-hybridized carbons (Fsp3) is 0.120. The molecule has 0 aromatic heterocycles. The zero-order chi connectivity index (χ0) is 20.1. The topological polar surface area (TPSA) is 40.5 Å². The third-order valence-corrected chi connectivity index (χ3v) is 6.44. The third-order valence-electron chi connectivity index (χ3n) is 5.93. The van der Waals surface area contributed by atoms with Crippen LogP contribution in [-0.4, -0.2) is 10.2 Å². The van der Waals surface area contributed by atoms with Crippen LogP contribution in [0, 0.1) is 0 Å². The van der Waals surface area contributed by atoms with Gasteiger partial charge in [-0.15, -0.1) is 0 Å². The second-order valence-electron chi connectivity index (χ2n) is 7.54. The summed E-state index contributed by atoms with van der Waals surface area (Å²) in [6.45, 7) is 0. The number of hydrogen-bond acceptors (Lipinski definition) is 2. The van der Waals surface area contributed by atoms with Crippen LogP contribution in [-0.2, 0) is 0 Å². The van der Waals surface area contributed by atoms with Gasteiger partial charge < -0.3 is 10.2 Å². The normalized spacial score (nSPS) is 18.1. The standard InChI is InChI=1S/C25H18Cl2O2/c26-17-7-1-14(2-8-17)19-13-20(15-3-9-18(27)10-4-15)25-22(29)12-6-16-5-11-21(28)24(19)23(16)25/h1-12,19-20,28-29H,13H2/t19-,20-/m0/s1. The molecule has 1 aliphatic carbocycles. The number of benzene rings is 4. The highest BCUT2D eigenvalue weighted by Crippen LogP contribution is 2.53. The summed E-state index contributed by atoms with van der Waals surface area (Å²) in [7, 11) is 0. The van der Waals surface area contributed by atoms with Crippen molar-refractivity contribution in [1.82, 2.24) is 0 Å². The molecule has 5 rings (SSSR count). The first-order valence-electron chi connectivity index (χ1n) is 9.51. The van der Waals surface area contributed by atoms with Crippen molar-refractivity contribution in [3.05, 3.63) is 105 Å². The Bertz CT molecular complexity index is 1120. The van der Waals surface area contributed by atoms with Crippen molar-refractivity contribution >= 4 is 34.0 Å². The predicted molar refractivity (Wildman–Crippen MR) is 118 cm³/mol. The van der Waals surface area contributed by atoms with Crippen molar-refractivity contribution in [1.29, 1.82) is 0 Å². The quantitative estimate of drug-likeness (QED) is 0.359. The Labute approximate surface area is 179 Å². The number of halogens is 2. The van der Waals surface area contributed by atoms with E-state index in [2.05, 4.69) is 0 Å². The van der Waals surface area contributed by atoms with Gasteiger partial charge in [0, 0.05) is 33.0 Å². The van der Waals surface area contributed by atoms with E-state index in [0.717, 1.165) is 39.4 Å². The maximum atomic E-state index is 10.8. The maximum Gasteiger partial charge on any atom is 0.120 e. The monoisotopic (exact) mass is 420 g/mol. The molecule has 0 saturated carbocycles. The first-order chi connectivity index (χ1) is 14.0. The zero-order valence-corrected chi connectivity index (χ0v) is 17.0. The molecule has 4 aromatic rings. The van der Waals surface area contributed by atoms with Gasteiger partial charge >= 0.3 is 0 Å². The minimum absolute atomic E-state index is 0.0223. The highest BCUT2D eigenvalue weighted by molar-refractivity contribution is 6.30. The van der Waals surface area contributed by atoms with Gasteiger partial charge in [-0.2, -0.15) is 0 Å². The summed E-state index contributed by atoms with van der Waals surface area (Å²) in [6.07, 6.45) is 0.723. The molecule has 0 unspecified atom stereocenters. The largest absolute Gasteiger partial charge is 0.508 e. The molecular formula is C25H18Cl2O2. The molecule has 2 N–H and O–H groups in total. The second-order valence-corrected chi connectivity index (χ2v) is 8.41. The molecule has 0 saturated heterocycles. The minimum Gasteiger partial charge on any atom is -0.508 e. The molecule has 4 aromatic carbocycles. The second kappa shape index (κ2) is 6.98. The maximum absolute atomic E-state index is 10.8. The van der Waals surface area contributed by atoms with Crippen molar-refractivity contribution in [3.63, 3.8) is 0 Å². The first kappa shape index (κ1) is 18.4. The Kier molecular flexibility index (Phi) is 4.42. The van der Waals surface area contributed by atoms with E-state index in [1.165, 1.54) is 0 Å². The van der Waals surface area contributed by atoms with Crippen LogP contribution in [0.25, 0.3) is 10.8 Å². The lowest BCUT2D eigenvalue weighted by Gasteiger charge is -2.34. The summed E-state index contributed by atoms with van der Waals surface area (Å²) >= 11 is 12.2. The zero-order valence-electron chi connectivity index (χ0n) is 15.4. The highest BCUT2D eigenvalue weighted by Gasteiger charge is 2.34. The van der Waals surface area contributed by atoms with Crippen LogP contribution < -0.4 is 0 Å². The summed E-state index contributed by atoms with van der Waals surface area (Å²) in [5, 5.41) is 24.9. The number of aromatic hydroxyl groups is 2. The van der Waals surface area contributed by atoms with Crippen molar-refractivity contribution in [3.8, 4) is 11.5 Å². The van der Waals surface area contributed by atoms with Crippen molar-refractivity contribution in [2.75, 3.05) is 0 Å². The molecule has 0 aliphatic heterocycles. The summed E-state index contributed by atoms with van der Waals surface area (Å²) in [5.41, 5.74) is 3.90. The fourth-order valence-corrected chi connectivity index (χ4v) is 4.88. The van der Waals surface area contributed by atoms with E-state index in [4.69, 9.17) is 23.2 Å². The van der Waals surface area contributed by atoms with Crippen LogP contribution in [0.5, 0.6) is 11.5 Å². The Morgan fingerprint density at radius 3 is 1.41 bits per heavy atom. The highest BCUT2D eigenvalue weighted by atomic mass is 35.5. The van der Waals surface area contributed by atoms with Gasteiger partial charge in [0.1, 0.15) is 11.5 Å². The van der Waals surface area contributed by atoms with Gasteiger partial charge in [0.2, 0.25) is 0 Å². The molecule has 0 spiro atoms. The summed E-state index contributed by atoms with van der Waals surface area (Å²) in [6, 6.07) is 22.8. The Hall–Kier alpha value is -2.68. The van der Waals surface area contributed by atoms with E-state index in [1.54, 1.807) is 12.1 Å². The summed E-state index contributed by atoms with van der Waals surface area (Å²) < 4.78 is 0. The third kappa shape index (κ3) is 3.04. The Balaban J connectivity index is 1.82. The van der Waals surface area contributed by atoms with Crippen molar-refractivity contribution in [2.45, 2.75) is 18.3 Å². The van der Waals surface area contributed by atoms with E-state index in [1.807, 2.05) is 60.7 Å². The summed E-state index contributed by atoms with van der Waals surface area (Å²) in [4.78, 5) is 0. The van der Waals surface area contributed by atoms with Gasteiger partial charge in [0.05, 0.1) is 0 Å². The van der Waals surface area contributed by atoms with Crippen LogP contribution in [0.2, 0.25) is 10.0 Å². The molecule has 0 amide bonds. The van der Waals surface area contributed by atoms with Crippen LogP contribution in [0.3, 0.4) is 0 Å². The molecule has 4 heteroatoms. The number of rotatable bonds is 2. The lowest BCUT2D eigenvalue weighted by molar-refractivity contribution is 0.450. The van der Waals surface area contributed by atoms with E-state index < -0.39 is 0 Å². The van der Waals surface area contributed by atoms with Gasteiger partial charge in [-0.1, -0.05) is 59.6 Å². The van der Waals surface area contributed by atoms with Gasteiger partial charge in [-0.3, -0.25) is 0 Å². The minimum atomic E-state index is -0.0223. The van der Waals surface area contributed by atoms with Crippen molar-refractivity contribution in [2.24, 2.45) is 0 Å². The fourth-order valence-electron chi connectivity index (χ4n) is 4.62. The average molecular weight is 421 g/mol. The number of hydrogen-bond donors (Lipinski definition) is 2. The van der Waals surface area contributed by atoms with Crippen LogP contribution >= 0.6 is 23.2 Å². The SMILES string of the molecule is Oc1ccc2ccc(O)c3c2c1[C@H](c1ccc(Cl)cc1)C[C@H]3c1ccc(Cl)cc1.